The van der Waals surface area contributed by atoms with Gasteiger partial charge >= 0.3 is 0 Å². The third kappa shape index (κ3) is 11.1. The second kappa shape index (κ2) is 13.6. The van der Waals surface area contributed by atoms with Gasteiger partial charge in [0.1, 0.15) is 6.61 Å². The average molecular weight is 397 g/mol. The molecule has 3 nitrogen and oxygen atoms in total. The van der Waals surface area contributed by atoms with Crippen LogP contribution in [0.1, 0.15) is 65.9 Å². The number of methoxy groups -OCH3 is 1. The molecule has 0 saturated carbocycles. The summed E-state index contributed by atoms with van der Waals surface area (Å²) in [6.45, 7) is 10.7. The Balaban J connectivity index is 2.51. The molecule has 0 aliphatic rings. The van der Waals surface area contributed by atoms with Gasteiger partial charge in [-0.15, -0.1) is 0 Å². The maximum absolute atomic E-state index is 11.1. The lowest BCUT2D eigenvalue weighted by Gasteiger charge is -2.10. The van der Waals surface area contributed by atoms with Crippen LogP contribution in [-0.4, -0.2) is 19.5 Å². The van der Waals surface area contributed by atoms with Crippen molar-refractivity contribution in [3.63, 3.8) is 0 Å². The van der Waals surface area contributed by atoms with Crippen LogP contribution in [0.3, 0.4) is 0 Å². The molecule has 0 bridgehead atoms. The number of hydrogen-bond acceptors (Lipinski definition) is 3. The van der Waals surface area contributed by atoms with Gasteiger partial charge in [-0.1, -0.05) is 41.0 Å². The molecule has 0 N–H and O–H groups in total. The molecule has 0 aliphatic heterocycles. The largest absolute Gasteiger partial charge is 0.493 e. The molecule has 1 aromatic carbocycles. The van der Waals surface area contributed by atoms with Crippen LogP contribution >= 0.6 is 0 Å². The van der Waals surface area contributed by atoms with Crippen molar-refractivity contribution in [2.75, 3.05) is 13.7 Å². The van der Waals surface area contributed by atoms with Crippen LogP contribution in [0, 0.1) is 0 Å². The standard InChI is InChI=1S/C26H36O3/c1-20(2)9-7-10-21(3)11-8-12-22(4)17-18-29-25-16-15-24(14-13-23(5)27)19-26(25)28-6/h9,11,13-17,19H,7-8,10,12,18H2,1-6H3/b14-13+,21-11+,22-17+. The van der Waals surface area contributed by atoms with Gasteiger partial charge in [0.2, 0.25) is 0 Å². The molecular formula is C26H36O3. The summed E-state index contributed by atoms with van der Waals surface area (Å²) < 4.78 is 11.3. The second-order valence-corrected chi connectivity index (χ2v) is 7.63. The number of carbonyl (C=O) groups is 1. The van der Waals surface area contributed by atoms with Crippen LogP contribution in [0.5, 0.6) is 11.5 Å². The van der Waals surface area contributed by atoms with Crippen LogP contribution in [-0.2, 0) is 4.79 Å². The number of benzene rings is 1. The Morgan fingerprint density at radius 3 is 2.17 bits per heavy atom. The predicted octanol–water partition coefficient (Wildman–Crippen LogP) is 7.10. The summed E-state index contributed by atoms with van der Waals surface area (Å²) in [5, 5.41) is 0. The lowest BCUT2D eigenvalue weighted by atomic mass is 10.1. The highest BCUT2D eigenvalue weighted by Crippen LogP contribution is 2.28. The minimum Gasteiger partial charge on any atom is -0.493 e. The fraction of sp³-hybridized carbons (Fsp3) is 0.423. The van der Waals surface area contributed by atoms with E-state index in [1.807, 2.05) is 18.2 Å². The van der Waals surface area contributed by atoms with Gasteiger partial charge < -0.3 is 9.47 Å². The van der Waals surface area contributed by atoms with Gasteiger partial charge in [0, 0.05) is 0 Å². The summed E-state index contributed by atoms with van der Waals surface area (Å²) >= 11 is 0. The van der Waals surface area contributed by atoms with Gasteiger partial charge in [-0.05, 0) is 90.2 Å². The molecular weight excluding hydrogens is 360 g/mol. The molecule has 0 atom stereocenters. The van der Waals surface area contributed by atoms with Crippen molar-refractivity contribution < 1.29 is 14.3 Å². The predicted molar refractivity (Wildman–Crippen MR) is 124 cm³/mol. The average Bonchev–Trinajstić information content (AvgIpc) is 2.66. The van der Waals surface area contributed by atoms with E-state index in [-0.39, 0.29) is 5.78 Å². The van der Waals surface area contributed by atoms with Crippen LogP contribution in [0.25, 0.3) is 6.08 Å². The zero-order valence-electron chi connectivity index (χ0n) is 18.9. The molecule has 0 fully saturated rings. The van der Waals surface area contributed by atoms with Gasteiger partial charge in [-0.2, -0.15) is 0 Å². The van der Waals surface area contributed by atoms with Crippen LogP contribution in [0.4, 0.5) is 0 Å². The van der Waals surface area contributed by atoms with E-state index in [9.17, 15) is 4.79 Å². The number of carbonyl (C=O) groups excluding carboxylic acids is 1. The first-order chi connectivity index (χ1) is 13.8. The highest BCUT2D eigenvalue weighted by molar-refractivity contribution is 5.91. The van der Waals surface area contributed by atoms with Crippen LogP contribution in [0.2, 0.25) is 0 Å². The van der Waals surface area contributed by atoms with Crippen molar-refractivity contribution in [3.8, 4) is 11.5 Å². The molecule has 0 amide bonds. The van der Waals surface area contributed by atoms with Crippen LogP contribution in [0.15, 0.2) is 59.2 Å². The fourth-order valence-corrected chi connectivity index (χ4v) is 2.73. The first-order valence-electron chi connectivity index (χ1n) is 10.3. The molecule has 1 rings (SSSR count). The van der Waals surface area contributed by atoms with E-state index in [1.165, 1.54) is 23.6 Å². The van der Waals surface area contributed by atoms with Gasteiger partial charge in [0.25, 0.3) is 0 Å². The Morgan fingerprint density at radius 2 is 1.55 bits per heavy atom. The quantitative estimate of drug-likeness (QED) is 0.279. The molecule has 0 saturated heterocycles. The summed E-state index contributed by atoms with van der Waals surface area (Å²) in [5.74, 6) is 1.38. The molecule has 158 valence electrons. The van der Waals surface area contributed by atoms with E-state index < -0.39 is 0 Å². The summed E-state index contributed by atoms with van der Waals surface area (Å²) in [6.07, 6.45) is 14.4. The van der Waals surface area contributed by atoms with E-state index in [0.717, 1.165) is 31.2 Å². The van der Waals surface area contributed by atoms with Gasteiger partial charge in [-0.25, -0.2) is 0 Å². The maximum atomic E-state index is 11.1. The summed E-state index contributed by atoms with van der Waals surface area (Å²) in [4.78, 5) is 11.1. The summed E-state index contributed by atoms with van der Waals surface area (Å²) in [6, 6.07) is 5.66. The first kappa shape index (κ1) is 24.5. The normalized spacial score (nSPS) is 12.2. The van der Waals surface area contributed by atoms with Crippen LogP contribution < -0.4 is 9.47 Å². The molecule has 3 heteroatoms. The van der Waals surface area contributed by atoms with Crippen molar-refractivity contribution in [3.05, 3.63) is 64.8 Å². The minimum atomic E-state index is 0.0165. The van der Waals surface area contributed by atoms with Crippen molar-refractivity contribution in [2.24, 2.45) is 0 Å². The summed E-state index contributed by atoms with van der Waals surface area (Å²) in [7, 11) is 1.62. The molecule has 0 radical (unpaired) electrons. The zero-order chi connectivity index (χ0) is 21.6. The van der Waals surface area contributed by atoms with Gasteiger partial charge in [0.05, 0.1) is 7.11 Å². The smallest absolute Gasteiger partial charge is 0.161 e. The number of ether oxygens (including phenoxy) is 2. The summed E-state index contributed by atoms with van der Waals surface area (Å²) in [5.41, 5.74) is 5.06. The molecule has 0 aliphatic carbocycles. The molecule has 29 heavy (non-hydrogen) atoms. The molecule has 0 heterocycles. The number of hydrogen-bond donors (Lipinski definition) is 0. The van der Waals surface area contributed by atoms with Gasteiger partial charge in [-0.3, -0.25) is 4.79 Å². The molecule has 0 aromatic heterocycles. The van der Waals surface area contributed by atoms with Crippen molar-refractivity contribution in [2.45, 2.75) is 60.3 Å². The topological polar surface area (TPSA) is 35.5 Å². The van der Waals surface area contributed by atoms with Crippen molar-refractivity contribution in [1.82, 2.24) is 0 Å². The van der Waals surface area contributed by atoms with Crippen molar-refractivity contribution in [1.29, 1.82) is 0 Å². The Morgan fingerprint density at radius 1 is 0.897 bits per heavy atom. The fourth-order valence-electron chi connectivity index (χ4n) is 2.73. The third-order valence-corrected chi connectivity index (χ3v) is 4.49. The molecule has 0 unspecified atom stereocenters. The minimum absolute atomic E-state index is 0.0165. The number of rotatable bonds is 12. The highest BCUT2D eigenvalue weighted by atomic mass is 16.5. The van der Waals surface area contributed by atoms with E-state index in [2.05, 4.69) is 45.9 Å². The highest BCUT2D eigenvalue weighted by Gasteiger charge is 2.04. The van der Waals surface area contributed by atoms with Crippen molar-refractivity contribution >= 4 is 11.9 Å². The van der Waals surface area contributed by atoms with E-state index in [4.69, 9.17) is 9.47 Å². The number of ketones is 1. The van der Waals surface area contributed by atoms with E-state index >= 15 is 0 Å². The Kier molecular flexibility index (Phi) is 11.5. The number of allylic oxidation sites excluding steroid dienone is 6. The lowest BCUT2D eigenvalue weighted by Crippen LogP contribution is -1.98. The monoisotopic (exact) mass is 396 g/mol. The molecule has 1 aromatic rings. The second-order valence-electron chi connectivity index (χ2n) is 7.63. The SMILES string of the molecule is COc1cc(/C=C/C(C)=O)ccc1OC/C=C(\C)CC/C=C(\C)CCC=C(C)C. The third-order valence-electron chi connectivity index (χ3n) is 4.49. The molecule has 0 spiro atoms. The Labute approximate surface area is 176 Å². The van der Waals surface area contributed by atoms with E-state index in [0.29, 0.717) is 18.1 Å². The van der Waals surface area contributed by atoms with Gasteiger partial charge in [0.15, 0.2) is 17.3 Å². The maximum Gasteiger partial charge on any atom is 0.161 e. The Hall–Kier alpha value is -2.55. The van der Waals surface area contributed by atoms with E-state index in [1.54, 1.807) is 19.3 Å². The first-order valence-corrected chi connectivity index (χ1v) is 10.3. The lowest BCUT2D eigenvalue weighted by molar-refractivity contribution is -0.112. The zero-order valence-corrected chi connectivity index (χ0v) is 18.9. The Bertz CT molecular complexity index is 775.